The van der Waals surface area contributed by atoms with E-state index in [1.54, 1.807) is 6.20 Å². The van der Waals surface area contributed by atoms with E-state index >= 15 is 0 Å². The molecule has 1 atom stereocenters. The summed E-state index contributed by atoms with van der Waals surface area (Å²) in [7, 11) is 0. The predicted molar refractivity (Wildman–Crippen MR) is 49.5 cm³/mol. The number of aryl methyl sites for hydroxylation is 1. The molecule has 0 aliphatic heterocycles. The highest BCUT2D eigenvalue weighted by Gasteiger charge is 1.99. The molecule has 11 heavy (non-hydrogen) atoms. The largest absolute Gasteiger partial charge is 0.316 e. The van der Waals surface area contributed by atoms with Crippen LogP contribution < -0.4 is 5.73 Å². The van der Waals surface area contributed by atoms with Gasteiger partial charge in [0, 0.05) is 11.9 Å². The second-order valence-electron chi connectivity index (χ2n) is 2.38. The quantitative estimate of drug-likeness (QED) is 0.519. The molecule has 2 N–H and O–H groups in total. The van der Waals surface area contributed by atoms with Gasteiger partial charge in [-0.2, -0.15) is 12.6 Å². The Hall–Kier alpha value is -0.540. The van der Waals surface area contributed by atoms with Crippen molar-refractivity contribution in [2.45, 2.75) is 18.7 Å². The zero-order valence-electron chi connectivity index (χ0n) is 6.49. The lowest BCUT2D eigenvalue weighted by Crippen LogP contribution is -2.03. The highest BCUT2D eigenvalue weighted by atomic mass is 32.1. The average Bonchev–Trinajstić information content (AvgIpc) is 2.05. The molecule has 3 heteroatoms. The Kier molecular flexibility index (Phi) is 2.91. The topological polar surface area (TPSA) is 38.9 Å². The van der Waals surface area contributed by atoms with Gasteiger partial charge in [-0.05, 0) is 24.1 Å². The molecule has 0 spiro atoms. The number of aromatic nitrogens is 1. The van der Waals surface area contributed by atoms with Gasteiger partial charge < -0.3 is 5.73 Å². The van der Waals surface area contributed by atoms with Gasteiger partial charge in [-0.25, -0.2) is 0 Å². The van der Waals surface area contributed by atoms with Crippen LogP contribution in [-0.2, 0) is 6.42 Å². The fraction of sp³-hybridized carbons (Fsp3) is 0.375. The monoisotopic (exact) mass is 168 g/mol. The van der Waals surface area contributed by atoms with Crippen LogP contribution in [0, 0.1) is 0 Å². The summed E-state index contributed by atoms with van der Waals surface area (Å²) in [6.45, 7) is 2.07. The van der Waals surface area contributed by atoms with Crippen molar-refractivity contribution in [2.75, 3.05) is 0 Å². The third kappa shape index (κ3) is 2.20. The van der Waals surface area contributed by atoms with Crippen molar-refractivity contribution in [1.29, 1.82) is 0 Å². The van der Waals surface area contributed by atoms with E-state index in [9.17, 15) is 0 Å². The first kappa shape index (κ1) is 8.56. The van der Waals surface area contributed by atoms with Gasteiger partial charge in [0.2, 0.25) is 0 Å². The number of thiol groups is 1. The molecular formula is C8H12N2S. The van der Waals surface area contributed by atoms with Crippen molar-refractivity contribution in [3.8, 4) is 0 Å². The van der Waals surface area contributed by atoms with Crippen LogP contribution in [0.4, 0.5) is 0 Å². The van der Waals surface area contributed by atoms with Crippen LogP contribution in [0.25, 0.3) is 0 Å². The zero-order valence-corrected chi connectivity index (χ0v) is 7.38. The smallest absolute Gasteiger partial charge is 0.0735 e. The molecule has 1 aromatic heterocycles. The lowest BCUT2D eigenvalue weighted by molar-refractivity contribution is 0.980. The van der Waals surface area contributed by atoms with Gasteiger partial charge in [-0.1, -0.05) is 6.92 Å². The minimum atomic E-state index is -0.191. The maximum Gasteiger partial charge on any atom is 0.0735 e. The van der Waals surface area contributed by atoms with Crippen LogP contribution in [0.15, 0.2) is 18.3 Å². The number of hydrogen-bond donors (Lipinski definition) is 2. The van der Waals surface area contributed by atoms with Crippen LogP contribution in [-0.4, -0.2) is 4.98 Å². The maximum atomic E-state index is 5.57. The summed E-state index contributed by atoms with van der Waals surface area (Å²) in [6, 6.07) is 3.87. The molecular weight excluding hydrogens is 156 g/mol. The molecule has 0 bridgehead atoms. The van der Waals surface area contributed by atoms with E-state index in [1.165, 1.54) is 0 Å². The van der Waals surface area contributed by atoms with Crippen molar-refractivity contribution in [1.82, 2.24) is 4.98 Å². The summed E-state index contributed by atoms with van der Waals surface area (Å²) in [4.78, 5) is 4.15. The SMILES string of the molecule is CCc1cc([C@H](N)S)ccn1. The van der Waals surface area contributed by atoms with E-state index in [0.29, 0.717) is 0 Å². The fourth-order valence-corrected chi connectivity index (χ4v) is 1.03. The summed E-state index contributed by atoms with van der Waals surface area (Å²) < 4.78 is 0. The van der Waals surface area contributed by atoms with Crippen molar-refractivity contribution >= 4 is 12.6 Å². The van der Waals surface area contributed by atoms with E-state index in [1.807, 2.05) is 12.1 Å². The standard InChI is InChI=1S/C8H12N2S/c1-2-7-5-6(8(9)11)3-4-10-7/h3-5,8,11H,2,9H2,1H3/t8-/m1/s1. The molecule has 0 aliphatic rings. The number of rotatable bonds is 2. The summed E-state index contributed by atoms with van der Waals surface area (Å²) in [5.74, 6) is 0. The summed E-state index contributed by atoms with van der Waals surface area (Å²) in [5, 5.41) is -0.191. The second-order valence-corrected chi connectivity index (χ2v) is 2.94. The van der Waals surface area contributed by atoms with E-state index < -0.39 is 0 Å². The minimum Gasteiger partial charge on any atom is -0.316 e. The molecule has 0 unspecified atom stereocenters. The molecule has 1 heterocycles. The first-order valence-corrected chi connectivity index (χ1v) is 4.14. The molecule has 0 aliphatic carbocycles. The first-order chi connectivity index (χ1) is 5.24. The number of nitrogens with zero attached hydrogens (tertiary/aromatic N) is 1. The van der Waals surface area contributed by atoms with Gasteiger partial charge in [-0.3, -0.25) is 4.98 Å². The van der Waals surface area contributed by atoms with Gasteiger partial charge >= 0.3 is 0 Å². The van der Waals surface area contributed by atoms with Gasteiger partial charge in [0.1, 0.15) is 0 Å². The number of pyridine rings is 1. The predicted octanol–water partition coefficient (Wildman–Crippen LogP) is 1.53. The highest BCUT2D eigenvalue weighted by Crippen LogP contribution is 2.13. The molecule has 0 radical (unpaired) electrons. The Morgan fingerprint density at radius 3 is 3.00 bits per heavy atom. The van der Waals surface area contributed by atoms with E-state index in [-0.39, 0.29) is 5.37 Å². The van der Waals surface area contributed by atoms with E-state index in [0.717, 1.165) is 17.7 Å². The van der Waals surface area contributed by atoms with Crippen molar-refractivity contribution < 1.29 is 0 Å². The third-order valence-electron chi connectivity index (χ3n) is 1.54. The Bertz CT molecular complexity index is 235. The Balaban J connectivity index is 2.91. The maximum absolute atomic E-state index is 5.57. The zero-order chi connectivity index (χ0) is 8.27. The molecule has 1 aromatic rings. The average molecular weight is 168 g/mol. The van der Waals surface area contributed by atoms with Gasteiger partial charge in [0.25, 0.3) is 0 Å². The lowest BCUT2D eigenvalue weighted by atomic mass is 10.2. The van der Waals surface area contributed by atoms with Gasteiger partial charge in [0.15, 0.2) is 0 Å². The molecule has 0 saturated heterocycles. The Morgan fingerprint density at radius 2 is 2.45 bits per heavy atom. The molecule has 0 fully saturated rings. The lowest BCUT2D eigenvalue weighted by Gasteiger charge is -2.04. The van der Waals surface area contributed by atoms with Crippen molar-refractivity contribution in [3.63, 3.8) is 0 Å². The van der Waals surface area contributed by atoms with Gasteiger partial charge in [0.05, 0.1) is 5.37 Å². The Morgan fingerprint density at radius 1 is 1.73 bits per heavy atom. The van der Waals surface area contributed by atoms with Crippen LogP contribution >= 0.6 is 12.6 Å². The van der Waals surface area contributed by atoms with Crippen LogP contribution in [0.3, 0.4) is 0 Å². The molecule has 0 amide bonds. The highest BCUT2D eigenvalue weighted by molar-refractivity contribution is 7.80. The first-order valence-electron chi connectivity index (χ1n) is 3.62. The van der Waals surface area contributed by atoms with Crippen LogP contribution in [0.1, 0.15) is 23.6 Å². The molecule has 0 saturated carbocycles. The van der Waals surface area contributed by atoms with E-state index in [2.05, 4.69) is 24.5 Å². The summed E-state index contributed by atoms with van der Waals surface area (Å²) in [5.41, 5.74) is 7.66. The molecule has 2 nitrogen and oxygen atoms in total. The number of hydrogen-bond acceptors (Lipinski definition) is 3. The van der Waals surface area contributed by atoms with E-state index in [4.69, 9.17) is 5.73 Å². The number of nitrogens with two attached hydrogens (primary N) is 1. The van der Waals surface area contributed by atoms with Gasteiger partial charge in [-0.15, -0.1) is 0 Å². The molecule has 1 rings (SSSR count). The Labute approximate surface area is 72.2 Å². The molecule has 60 valence electrons. The second kappa shape index (κ2) is 3.74. The summed E-state index contributed by atoms with van der Waals surface area (Å²) >= 11 is 4.12. The molecule has 0 aromatic carbocycles. The van der Waals surface area contributed by atoms with Crippen LogP contribution in [0.2, 0.25) is 0 Å². The minimum absolute atomic E-state index is 0.191. The van der Waals surface area contributed by atoms with Crippen molar-refractivity contribution in [2.24, 2.45) is 5.73 Å². The normalized spacial score (nSPS) is 13.0. The fourth-order valence-electron chi connectivity index (χ4n) is 0.874. The van der Waals surface area contributed by atoms with Crippen LogP contribution in [0.5, 0.6) is 0 Å². The summed E-state index contributed by atoms with van der Waals surface area (Å²) in [6.07, 6.45) is 2.71. The third-order valence-corrected chi connectivity index (χ3v) is 1.84. The van der Waals surface area contributed by atoms with Crippen molar-refractivity contribution in [3.05, 3.63) is 29.6 Å².